The van der Waals surface area contributed by atoms with E-state index in [1.54, 1.807) is 98.8 Å². The standard InChI is InChI=1S/C35H50O10Si.C35H48O10Si.C33H46O8Si.2HI.Sm/c2*1-19-16-25-34(18-41-25,44-22(4)37)28-30(43-31(39)23-14-12-11-13-15-23)35(40)17-24(45-46(8,9)10)20(2)26(32(35,5)6)27(38)29(33(19,28)7)42-21(3)36;1-19-15-25-32(18-38-25,40-21(3)34)27-28(39-29(36)22-13-11-10-12-14-22)33(37)17-24(41-42(7,8)9)20(2)26(30(33,4)5)23(35)16-31(19,27)6;;;/h11-15,19,24-25,27-30,38,40H,16-18H2,1-10H3;11-15,19,24-25,28-30,40H,16-18H2,1-10H3;10-14,19,24-25,27-28,37H,15-18H2,1-9H3;2*1H;/q;;;;;+2/p-2/t19-,24?,25+,27+,28?,29+,30-,33+,34-,35+;19-,24?,25+,28?,29+,30-,33+,34-,35+;19-,24?,25+,27?,28-,31+,32-,33+;;;/m000.../s1. The van der Waals surface area contributed by atoms with Gasteiger partial charge in [-0.3, -0.25) is 33.6 Å². The summed E-state index contributed by atoms with van der Waals surface area (Å²) in [5.41, 5.74) is -11.8. The molecule has 34 heteroatoms. The number of aliphatic hydroxyl groups is 4. The summed E-state index contributed by atoms with van der Waals surface area (Å²) in [4.78, 5) is 136. The van der Waals surface area contributed by atoms with Gasteiger partial charge in [0.15, 0.2) is 53.6 Å². The molecule has 3 saturated heterocycles. The van der Waals surface area contributed by atoms with E-state index in [0.717, 1.165) is 11.1 Å². The van der Waals surface area contributed by atoms with Crippen LogP contribution < -0.4 is 0 Å². The van der Waals surface area contributed by atoms with Crippen LogP contribution >= 0.6 is 28.6 Å². The Morgan fingerprint density at radius 3 is 1.05 bits per heavy atom. The third-order valence-electron chi connectivity index (χ3n) is 33.3. The van der Waals surface area contributed by atoms with Gasteiger partial charge in [0.05, 0.1) is 66.7 Å². The summed E-state index contributed by atoms with van der Waals surface area (Å²) in [6, 6.07) is 25.7. The number of esters is 8. The molecule has 3 aromatic rings. The first-order valence-corrected chi connectivity index (χ1v) is 73.0. The third-order valence-corrected chi connectivity index (χ3v) is 36.2. The number of aliphatic hydroxyl groups excluding tert-OH is 1. The van der Waals surface area contributed by atoms with Gasteiger partial charge in [0, 0.05) is 104 Å². The Balaban J connectivity index is 0.000000182. The molecule has 3 heterocycles. The van der Waals surface area contributed by atoms with Crippen LogP contribution in [0.4, 0.5) is 0 Å². The molecule has 0 spiro atoms. The molecule has 0 amide bonds. The number of ether oxygens (including phenoxy) is 11. The Morgan fingerprint density at radius 1 is 0.409 bits per heavy atom. The Hall–Kier alpha value is -4.97. The van der Waals surface area contributed by atoms with Crippen LogP contribution in [0, 0.1) is 93.5 Å². The van der Waals surface area contributed by atoms with Gasteiger partial charge in [-0.2, -0.15) is 0 Å². The molecule has 28 nitrogen and oxygen atoms in total. The molecule has 6 saturated carbocycles. The minimum absolute atomic E-state index is 0.0143. The number of ketones is 2. The van der Waals surface area contributed by atoms with Gasteiger partial charge >= 0.3 is 102 Å². The summed E-state index contributed by atoms with van der Waals surface area (Å²) >= 11 is 5.07. The van der Waals surface area contributed by atoms with E-state index in [0.29, 0.717) is 41.5 Å². The Bertz CT molecular complexity index is 5240. The number of rotatable bonds is 17. The van der Waals surface area contributed by atoms with E-state index in [4.69, 9.17) is 65.4 Å². The number of hydrogen-bond acceptors (Lipinski definition) is 28. The number of hydrogen-bond donors (Lipinski definition) is 4. The molecule has 4 N–H and O–H groups in total. The number of halogens is 2. The zero-order valence-corrected chi connectivity index (χ0v) is 94.8. The minimum atomic E-state index is -2.26. The topological polar surface area (TPSA) is 381 Å². The summed E-state index contributed by atoms with van der Waals surface area (Å²) in [6.45, 7) is 53.2. The van der Waals surface area contributed by atoms with Gasteiger partial charge < -0.3 is 85.8 Å². The number of Topliss-reactive ketones (excluding diaryl/α,β-unsaturated/α-hetero) is 2. The van der Waals surface area contributed by atoms with Crippen molar-refractivity contribution < 1.29 is 159 Å². The van der Waals surface area contributed by atoms with Crippen molar-refractivity contribution in [3.63, 3.8) is 0 Å². The predicted octanol–water partition coefficient (Wildman–Crippen LogP) is 16.4. The molecule has 27 atom stereocenters. The average molecular weight is 2320 g/mol. The number of carbonyl (C=O) groups excluding carboxylic acids is 10. The predicted molar refractivity (Wildman–Crippen MR) is 528 cm³/mol. The van der Waals surface area contributed by atoms with Crippen LogP contribution in [0.3, 0.4) is 0 Å². The van der Waals surface area contributed by atoms with Crippen LogP contribution in [0.5, 0.6) is 0 Å². The van der Waals surface area contributed by atoms with Crippen LogP contribution in [0.25, 0.3) is 0 Å². The van der Waals surface area contributed by atoms with Gasteiger partial charge in [-0.05, 0) is 181 Å². The monoisotopic (exact) mass is 2320 g/mol. The molecule has 6 unspecified atom stereocenters. The molecule has 3 aliphatic heterocycles. The Morgan fingerprint density at radius 2 is 0.715 bits per heavy atom. The summed E-state index contributed by atoms with van der Waals surface area (Å²) in [5, 5.41) is 52.5. The first-order chi connectivity index (χ1) is 63.2. The van der Waals surface area contributed by atoms with Crippen LogP contribution in [0.1, 0.15) is 214 Å². The number of fused-ring (bicyclic) bond motifs is 15. The molecular formula is C103H144I2O28Si3Sm. The van der Waals surface area contributed by atoms with Gasteiger partial charge in [0.2, 0.25) is 5.78 Å². The van der Waals surface area contributed by atoms with Crippen molar-refractivity contribution in [2.24, 2.45) is 68.0 Å². The van der Waals surface area contributed by atoms with Gasteiger partial charge in [-0.25, -0.2) is 14.4 Å². The second kappa shape index (κ2) is 39.8. The van der Waals surface area contributed by atoms with Gasteiger partial charge in [0.1, 0.15) is 65.6 Å². The van der Waals surface area contributed by atoms with Gasteiger partial charge in [-0.15, -0.1) is 0 Å². The van der Waals surface area contributed by atoms with E-state index in [1.807, 2.05) is 128 Å². The van der Waals surface area contributed by atoms with Crippen molar-refractivity contribution in [2.45, 2.75) is 349 Å². The average Bonchev–Trinajstić information content (AvgIpc) is 0.688. The normalized spacial score (nSPS) is 38.4. The van der Waals surface area contributed by atoms with Crippen LogP contribution in [-0.4, -0.2) is 231 Å². The Kier molecular flexibility index (Phi) is 32.2. The van der Waals surface area contributed by atoms with Gasteiger partial charge in [0.25, 0.3) is 0 Å². The summed E-state index contributed by atoms with van der Waals surface area (Å²) < 4.78 is 88.3. The second-order valence-electron chi connectivity index (χ2n) is 45.8. The fourth-order valence-electron chi connectivity index (χ4n) is 26.4. The summed E-state index contributed by atoms with van der Waals surface area (Å²) in [6.07, 6.45) is -9.40. The number of benzene rings is 3. The number of carbonyl (C=O) groups is 10. The summed E-state index contributed by atoms with van der Waals surface area (Å²) in [5.74, 6) is -8.72. The molecule has 137 heavy (non-hydrogen) atoms. The van der Waals surface area contributed by atoms with Crippen molar-refractivity contribution in [1.82, 2.24) is 0 Å². The van der Waals surface area contributed by atoms with Crippen molar-refractivity contribution in [3.05, 3.63) is 141 Å². The third kappa shape index (κ3) is 19.6. The summed E-state index contributed by atoms with van der Waals surface area (Å²) in [7, 11) is -6.63. The molecule has 0 aromatic heterocycles. The van der Waals surface area contributed by atoms with Crippen LogP contribution in [0.2, 0.25) is 58.9 Å². The van der Waals surface area contributed by atoms with E-state index in [2.05, 4.69) is 55.1 Å². The molecule has 15 rings (SSSR count). The fraction of sp³-hybridized carbons (Fsp3) is 0.670. The van der Waals surface area contributed by atoms with E-state index in [-0.39, 0.29) is 111 Å². The van der Waals surface area contributed by atoms with Crippen molar-refractivity contribution in [3.8, 4) is 0 Å². The molecule has 0 radical (unpaired) electrons. The maximum absolute atomic E-state index is 15.1. The second-order valence-corrected chi connectivity index (χ2v) is 78.6. The van der Waals surface area contributed by atoms with E-state index in [9.17, 15) is 63.6 Å². The van der Waals surface area contributed by atoms with E-state index in [1.165, 1.54) is 34.6 Å². The first-order valence-electron chi connectivity index (χ1n) is 47.7. The fourth-order valence-corrected chi connectivity index (χ4v) is 29.7. The van der Waals surface area contributed by atoms with Crippen molar-refractivity contribution in [2.75, 3.05) is 19.8 Å². The molecule has 9 fully saturated rings. The van der Waals surface area contributed by atoms with Crippen molar-refractivity contribution >= 4 is 113 Å². The molecule has 9 aliphatic carbocycles. The van der Waals surface area contributed by atoms with Gasteiger partial charge in [-0.1, -0.05) is 138 Å². The first kappa shape index (κ1) is 111. The molecule has 756 valence electrons. The quantitative estimate of drug-likeness (QED) is 0.0320. The zero-order chi connectivity index (χ0) is 102. The SMILES string of the molecule is CC(=O)O[C@@H]1C(=O)C2=C(C)C(O[Si](C)(C)C)C[C@@](O)([C@@H](OC(=O)c3ccccc3)C3[C@@]1(C)[C@@H](C)C[C@H]1OC[C@@]31OC(C)=O)C2(C)C.CC(=O)O[C@@H]1[C@H](O)C2=C(C)C(O[Si](C)(C)C)C[C@@](O)([C@@H](OC(=O)c3ccccc3)C3[C@@]1(C)[C@@H](C)C[C@H]1OC[C@@]31OC(C)=O)C2(C)C.CC(=O)O[C@@]12CO[C@@H]1C[C@H](C)[C@@]1(C)CC(=O)C3=C(C)C(O[Si](C)(C)C)C[C@@](O)([C@@H](OC(=O)c4ccccc4)C12)C3(C)C.[I][Sm][I]. The zero-order valence-electron chi connectivity index (χ0n) is 84.9. The molecule has 3 aromatic carbocycles. The molecule has 6 bridgehead atoms. The maximum atomic E-state index is 15.1. The van der Waals surface area contributed by atoms with Crippen molar-refractivity contribution in [1.29, 1.82) is 0 Å². The molecular weight excluding hydrogens is 2170 g/mol. The van der Waals surface area contributed by atoms with E-state index >= 15 is 4.79 Å². The van der Waals surface area contributed by atoms with Crippen LogP contribution in [-0.2, 0) is 98.9 Å². The van der Waals surface area contributed by atoms with Crippen LogP contribution in [0.15, 0.2) is 124 Å². The molecule has 12 aliphatic rings. The Labute approximate surface area is 842 Å². The van der Waals surface area contributed by atoms with E-state index < -0.39 is 236 Å².